The maximum atomic E-state index is 12.1. The molecule has 1 fully saturated rings. The Morgan fingerprint density at radius 2 is 2.25 bits per heavy atom. The normalized spacial score (nSPS) is 19.5. The maximum absolute atomic E-state index is 12.1. The molecule has 0 radical (unpaired) electrons. The van der Waals surface area contributed by atoms with Crippen LogP contribution in [-0.4, -0.2) is 55.5 Å². The summed E-state index contributed by atoms with van der Waals surface area (Å²) in [5.41, 5.74) is 8.31. The lowest BCUT2D eigenvalue weighted by molar-refractivity contribution is -0.117. The van der Waals surface area contributed by atoms with Crippen molar-refractivity contribution in [3.8, 4) is 0 Å². The first kappa shape index (κ1) is 14.8. The summed E-state index contributed by atoms with van der Waals surface area (Å²) in [6, 6.07) is 6.22. The number of likely N-dealkylation sites (tertiary alicyclic amines) is 1. The molecule has 20 heavy (non-hydrogen) atoms. The third kappa shape index (κ3) is 3.71. The number of carbonyl (C=O) groups excluding carboxylic acids is 1. The van der Waals surface area contributed by atoms with Gasteiger partial charge < -0.3 is 16.0 Å². The highest BCUT2D eigenvalue weighted by molar-refractivity contribution is 5.95. The van der Waals surface area contributed by atoms with Crippen LogP contribution in [0.15, 0.2) is 18.2 Å². The quantitative estimate of drug-likeness (QED) is 0.810. The Morgan fingerprint density at radius 1 is 1.50 bits per heavy atom. The molecule has 3 N–H and O–H groups in total. The zero-order valence-electron chi connectivity index (χ0n) is 12.5. The Bertz CT molecular complexity index is 487. The molecule has 1 aliphatic heterocycles. The number of carbonyl (C=O) groups is 1. The first-order chi connectivity index (χ1) is 9.45. The largest absolute Gasteiger partial charge is 0.397 e. The molecule has 1 unspecified atom stereocenters. The molecular weight excluding hydrogens is 252 g/mol. The minimum absolute atomic E-state index is 0.0000378. The molecule has 1 heterocycles. The van der Waals surface area contributed by atoms with Crippen LogP contribution in [0.3, 0.4) is 0 Å². The molecule has 1 atom stereocenters. The molecule has 2 rings (SSSR count). The molecule has 110 valence electrons. The van der Waals surface area contributed by atoms with E-state index in [1.165, 1.54) is 0 Å². The van der Waals surface area contributed by atoms with Gasteiger partial charge in [-0.2, -0.15) is 0 Å². The van der Waals surface area contributed by atoms with Gasteiger partial charge in [0.1, 0.15) is 0 Å². The number of nitrogens with one attached hydrogen (secondary N) is 1. The van der Waals surface area contributed by atoms with Gasteiger partial charge in [0.2, 0.25) is 5.91 Å². The van der Waals surface area contributed by atoms with Crippen molar-refractivity contribution in [2.75, 3.05) is 44.8 Å². The lowest BCUT2D eigenvalue weighted by atomic mass is 10.2. The van der Waals surface area contributed by atoms with Crippen LogP contribution in [0.2, 0.25) is 0 Å². The summed E-state index contributed by atoms with van der Waals surface area (Å²) in [5, 5.41) is 2.89. The van der Waals surface area contributed by atoms with Crippen LogP contribution in [0, 0.1) is 6.92 Å². The van der Waals surface area contributed by atoms with E-state index in [0.717, 1.165) is 25.1 Å². The number of aryl methyl sites for hydroxylation is 1. The molecule has 1 aromatic carbocycles. The van der Waals surface area contributed by atoms with E-state index in [4.69, 9.17) is 5.73 Å². The van der Waals surface area contributed by atoms with Crippen LogP contribution < -0.4 is 11.1 Å². The molecule has 0 bridgehead atoms. The van der Waals surface area contributed by atoms with E-state index in [9.17, 15) is 4.79 Å². The van der Waals surface area contributed by atoms with Crippen molar-refractivity contribution >= 4 is 17.3 Å². The van der Waals surface area contributed by atoms with Crippen molar-refractivity contribution in [2.45, 2.75) is 19.4 Å². The molecule has 1 aromatic rings. The molecule has 0 aliphatic carbocycles. The number of rotatable bonds is 4. The number of nitrogen functional groups attached to an aromatic ring is 1. The highest BCUT2D eigenvalue weighted by atomic mass is 16.2. The summed E-state index contributed by atoms with van der Waals surface area (Å²) in [4.78, 5) is 16.5. The standard InChI is InChI=1S/C15H24N4O/c1-11-4-5-14(13(16)8-11)17-15(20)10-19-7-6-12(9-19)18(2)3/h4-5,8,12H,6-7,9-10,16H2,1-3H3,(H,17,20). The second-order valence-corrected chi connectivity index (χ2v) is 5.78. The number of anilines is 2. The third-order valence-electron chi connectivity index (χ3n) is 3.83. The van der Waals surface area contributed by atoms with Crippen molar-refractivity contribution in [3.05, 3.63) is 23.8 Å². The summed E-state index contributed by atoms with van der Waals surface area (Å²) in [6.45, 7) is 4.33. The fourth-order valence-electron chi connectivity index (χ4n) is 2.57. The molecule has 0 spiro atoms. The van der Waals surface area contributed by atoms with Gasteiger partial charge in [-0.1, -0.05) is 6.07 Å². The van der Waals surface area contributed by atoms with Crippen molar-refractivity contribution in [1.82, 2.24) is 9.80 Å². The van der Waals surface area contributed by atoms with Crippen LogP contribution in [0.1, 0.15) is 12.0 Å². The van der Waals surface area contributed by atoms with Crippen LogP contribution in [0.5, 0.6) is 0 Å². The summed E-state index contributed by atoms with van der Waals surface area (Å²) >= 11 is 0. The van der Waals surface area contributed by atoms with Crippen molar-refractivity contribution in [2.24, 2.45) is 0 Å². The number of likely N-dealkylation sites (N-methyl/N-ethyl adjacent to an activating group) is 1. The zero-order chi connectivity index (χ0) is 14.7. The highest BCUT2D eigenvalue weighted by Crippen LogP contribution is 2.19. The third-order valence-corrected chi connectivity index (χ3v) is 3.83. The molecule has 0 saturated carbocycles. The predicted octanol–water partition coefficient (Wildman–Crippen LogP) is 1.15. The topological polar surface area (TPSA) is 61.6 Å². The van der Waals surface area contributed by atoms with Crippen LogP contribution >= 0.6 is 0 Å². The predicted molar refractivity (Wildman–Crippen MR) is 82.8 cm³/mol. The molecule has 1 amide bonds. The van der Waals surface area contributed by atoms with Gasteiger partial charge in [0.05, 0.1) is 17.9 Å². The minimum atomic E-state index is -0.0000378. The molecule has 0 aromatic heterocycles. The zero-order valence-corrected chi connectivity index (χ0v) is 12.5. The first-order valence-corrected chi connectivity index (χ1v) is 7.00. The van der Waals surface area contributed by atoms with Crippen molar-refractivity contribution in [3.63, 3.8) is 0 Å². The lowest BCUT2D eigenvalue weighted by Crippen LogP contribution is -2.35. The number of benzene rings is 1. The maximum Gasteiger partial charge on any atom is 0.238 e. The number of nitrogens with zero attached hydrogens (tertiary/aromatic N) is 2. The van der Waals surface area contributed by atoms with E-state index < -0.39 is 0 Å². The Hall–Kier alpha value is -1.59. The molecule has 5 nitrogen and oxygen atoms in total. The Balaban J connectivity index is 1.87. The van der Waals surface area contributed by atoms with E-state index >= 15 is 0 Å². The fourth-order valence-corrected chi connectivity index (χ4v) is 2.57. The first-order valence-electron chi connectivity index (χ1n) is 7.00. The number of amides is 1. The molecule has 1 aliphatic rings. The fraction of sp³-hybridized carbons (Fsp3) is 0.533. The van der Waals surface area contributed by atoms with E-state index in [0.29, 0.717) is 24.0 Å². The summed E-state index contributed by atoms with van der Waals surface area (Å²) in [7, 11) is 4.17. The lowest BCUT2D eigenvalue weighted by Gasteiger charge is -2.20. The van der Waals surface area contributed by atoms with Crippen molar-refractivity contribution < 1.29 is 4.79 Å². The van der Waals surface area contributed by atoms with Gasteiger partial charge in [-0.3, -0.25) is 9.69 Å². The number of hydrogen-bond acceptors (Lipinski definition) is 4. The summed E-state index contributed by atoms with van der Waals surface area (Å²) in [6.07, 6.45) is 1.12. The van der Waals surface area contributed by atoms with Crippen molar-refractivity contribution in [1.29, 1.82) is 0 Å². The molecule has 5 heteroatoms. The smallest absolute Gasteiger partial charge is 0.238 e. The van der Waals surface area contributed by atoms with Crippen LogP contribution in [-0.2, 0) is 4.79 Å². The van der Waals surface area contributed by atoms with Gasteiger partial charge in [-0.15, -0.1) is 0 Å². The number of hydrogen-bond donors (Lipinski definition) is 2. The Labute approximate surface area is 120 Å². The molecule has 1 saturated heterocycles. The summed E-state index contributed by atoms with van der Waals surface area (Å²) in [5.74, 6) is -0.0000378. The second kappa shape index (κ2) is 6.24. The monoisotopic (exact) mass is 276 g/mol. The summed E-state index contributed by atoms with van der Waals surface area (Å²) < 4.78 is 0. The SMILES string of the molecule is Cc1ccc(NC(=O)CN2CCC(N(C)C)C2)c(N)c1. The van der Waals surface area contributed by atoms with E-state index in [2.05, 4.69) is 29.2 Å². The van der Waals surface area contributed by atoms with Gasteiger partial charge in [-0.05, 0) is 45.1 Å². The van der Waals surface area contributed by atoms with Crippen LogP contribution in [0.25, 0.3) is 0 Å². The Morgan fingerprint density at radius 3 is 2.85 bits per heavy atom. The average Bonchev–Trinajstić information content (AvgIpc) is 2.81. The van der Waals surface area contributed by atoms with E-state index in [1.54, 1.807) is 0 Å². The van der Waals surface area contributed by atoms with Gasteiger partial charge in [0.15, 0.2) is 0 Å². The Kier molecular flexibility index (Phi) is 4.62. The van der Waals surface area contributed by atoms with E-state index in [1.807, 2.05) is 25.1 Å². The van der Waals surface area contributed by atoms with Gasteiger partial charge >= 0.3 is 0 Å². The van der Waals surface area contributed by atoms with Gasteiger partial charge in [0.25, 0.3) is 0 Å². The second-order valence-electron chi connectivity index (χ2n) is 5.78. The van der Waals surface area contributed by atoms with Gasteiger partial charge in [0, 0.05) is 19.1 Å². The average molecular weight is 276 g/mol. The highest BCUT2D eigenvalue weighted by Gasteiger charge is 2.25. The number of nitrogens with two attached hydrogens (primary N) is 1. The van der Waals surface area contributed by atoms with Gasteiger partial charge in [-0.25, -0.2) is 0 Å². The molecular formula is C15H24N4O. The van der Waals surface area contributed by atoms with E-state index in [-0.39, 0.29) is 5.91 Å². The minimum Gasteiger partial charge on any atom is -0.397 e. The van der Waals surface area contributed by atoms with Crippen LogP contribution in [0.4, 0.5) is 11.4 Å².